The predicted molar refractivity (Wildman–Crippen MR) is 118 cm³/mol. The van der Waals surface area contributed by atoms with Crippen LogP contribution in [0.4, 0.5) is 0 Å². The van der Waals surface area contributed by atoms with Crippen molar-refractivity contribution in [3.8, 4) is 22.8 Å². The maximum absolute atomic E-state index is 13.5. The van der Waals surface area contributed by atoms with Crippen molar-refractivity contribution in [2.75, 3.05) is 13.7 Å². The lowest BCUT2D eigenvalue weighted by Crippen LogP contribution is -2.46. The molecule has 1 amide bonds. The van der Waals surface area contributed by atoms with E-state index in [1.807, 2.05) is 37.3 Å². The third-order valence-corrected chi connectivity index (χ3v) is 5.83. The van der Waals surface area contributed by atoms with Gasteiger partial charge in [0.2, 0.25) is 0 Å². The van der Waals surface area contributed by atoms with Gasteiger partial charge >= 0.3 is 0 Å². The standard InChI is InChI=1S/C22H20ClN7O2/c1-13-6-7-17(30-24-9-10-25-30)15(12-13)22(31)29-11-8-18(29)21-26-20(27-28-21)14-4-3-5-16(23)19(14)32-2/h3-7,9-10,12,18H,8,11H2,1-2H3,(H,26,27,28)/t18-/m0/s1. The van der Waals surface area contributed by atoms with Gasteiger partial charge in [-0.2, -0.15) is 20.1 Å². The smallest absolute Gasteiger partial charge is 0.256 e. The molecule has 10 heteroatoms. The third-order valence-electron chi connectivity index (χ3n) is 5.53. The highest BCUT2D eigenvalue weighted by Gasteiger charge is 2.37. The third kappa shape index (κ3) is 3.40. The SMILES string of the molecule is COc1c(Cl)cccc1-c1n[nH]c([C@@H]2CCN2C(=O)c2cc(C)ccc2-n2nccn2)n1. The van der Waals surface area contributed by atoms with Gasteiger partial charge < -0.3 is 9.64 Å². The summed E-state index contributed by atoms with van der Waals surface area (Å²) in [4.78, 5) is 21.3. The number of nitrogens with zero attached hydrogens (tertiary/aromatic N) is 6. The average molecular weight is 450 g/mol. The Morgan fingerprint density at radius 3 is 2.75 bits per heavy atom. The van der Waals surface area contributed by atoms with E-state index in [4.69, 9.17) is 16.3 Å². The molecule has 1 aliphatic rings. The van der Waals surface area contributed by atoms with Gasteiger partial charge in [-0.25, -0.2) is 4.98 Å². The molecule has 1 aliphatic heterocycles. The maximum Gasteiger partial charge on any atom is 0.256 e. The van der Waals surface area contributed by atoms with Gasteiger partial charge in [0.05, 0.1) is 47.4 Å². The first kappa shape index (κ1) is 20.2. The summed E-state index contributed by atoms with van der Waals surface area (Å²) in [5.74, 6) is 1.50. The van der Waals surface area contributed by atoms with Crippen molar-refractivity contribution in [2.24, 2.45) is 0 Å². The van der Waals surface area contributed by atoms with E-state index in [9.17, 15) is 4.79 Å². The molecule has 4 aromatic rings. The molecule has 0 radical (unpaired) electrons. The number of H-pyrrole nitrogens is 1. The monoisotopic (exact) mass is 449 g/mol. The normalized spacial score (nSPS) is 15.5. The molecule has 32 heavy (non-hydrogen) atoms. The van der Waals surface area contributed by atoms with E-state index in [-0.39, 0.29) is 11.9 Å². The van der Waals surface area contributed by atoms with Crippen molar-refractivity contribution in [2.45, 2.75) is 19.4 Å². The van der Waals surface area contributed by atoms with Crippen molar-refractivity contribution in [1.82, 2.24) is 35.1 Å². The number of hydrogen-bond donors (Lipinski definition) is 1. The van der Waals surface area contributed by atoms with Gasteiger partial charge in [-0.15, -0.1) is 0 Å². The van der Waals surface area contributed by atoms with Crippen LogP contribution < -0.4 is 4.74 Å². The van der Waals surface area contributed by atoms with Crippen LogP contribution in [0.1, 0.15) is 34.2 Å². The maximum atomic E-state index is 13.5. The molecule has 1 fully saturated rings. The van der Waals surface area contributed by atoms with Crippen molar-refractivity contribution >= 4 is 17.5 Å². The summed E-state index contributed by atoms with van der Waals surface area (Å²) >= 11 is 6.23. The molecule has 162 valence electrons. The zero-order valence-electron chi connectivity index (χ0n) is 17.5. The zero-order valence-corrected chi connectivity index (χ0v) is 18.2. The molecule has 2 aromatic heterocycles. The molecule has 1 saturated heterocycles. The van der Waals surface area contributed by atoms with Gasteiger partial charge in [-0.1, -0.05) is 29.3 Å². The Balaban J connectivity index is 1.44. The van der Waals surface area contributed by atoms with Gasteiger partial charge in [0.25, 0.3) is 5.91 Å². The number of methoxy groups -OCH3 is 1. The molecule has 0 spiro atoms. The number of likely N-dealkylation sites (tertiary alicyclic amines) is 1. The lowest BCUT2D eigenvalue weighted by molar-refractivity contribution is 0.0441. The van der Waals surface area contributed by atoms with E-state index < -0.39 is 0 Å². The number of nitrogens with one attached hydrogen (secondary N) is 1. The number of ether oxygens (including phenoxy) is 1. The van der Waals surface area contributed by atoms with Crippen LogP contribution in [-0.2, 0) is 0 Å². The van der Waals surface area contributed by atoms with Crippen molar-refractivity contribution in [3.63, 3.8) is 0 Å². The zero-order chi connectivity index (χ0) is 22.2. The number of aromatic amines is 1. The Labute approximate surface area is 189 Å². The number of aromatic nitrogens is 6. The van der Waals surface area contributed by atoms with Gasteiger partial charge in [-0.3, -0.25) is 9.89 Å². The first-order chi connectivity index (χ1) is 15.6. The van der Waals surface area contributed by atoms with E-state index >= 15 is 0 Å². The van der Waals surface area contributed by atoms with Crippen molar-refractivity contribution in [1.29, 1.82) is 0 Å². The highest BCUT2D eigenvalue weighted by atomic mass is 35.5. The van der Waals surface area contributed by atoms with E-state index in [1.165, 1.54) is 4.80 Å². The minimum absolute atomic E-state index is 0.101. The minimum atomic E-state index is -0.201. The Kier molecular flexibility index (Phi) is 5.10. The van der Waals surface area contributed by atoms with Crippen LogP contribution in [0.15, 0.2) is 48.8 Å². The van der Waals surface area contributed by atoms with Crippen LogP contribution in [0.25, 0.3) is 17.1 Å². The number of aryl methyl sites for hydroxylation is 1. The number of hydrogen-bond acceptors (Lipinski definition) is 6. The summed E-state index contributed by atoms with van der Waals surface area (Å²) in [5, 5.41) is 16.2. The highest BCUT2D eigenvalue weighted by Crippen LogP contribution is 2.37. The summed E-state index contributed by atoms with van der Waals surface area (Å²) in [7, 11) is 1.55. The molecule has 0 unspecified atom stereocenters. The topological polar surface area (TPSA) is 102 Å². The first-order valence-corrected chi connectivity index (χ1v) is 10.5. The lowest BCUT2D eigenvalue weighted by atomic mass is 9.99. The Hall–Kier alpha value is -3.72. The molecular formula is C22H20ClN7O2. The molecule has 0 saturated carbocycles. The second-order valence-electron chi connectivity index (χ2n) is 7.51. The fraction of sp³-hybridized carbons (Fsp3) is 0.227. The second-order valence-corrected chi connectivity index (χ2v) is 7.91. The molecule has 2 aromatic carbocycles. The summed E-state index contributed by atoms with van der Waals surface area (Å²) in [5.41, 5.74) is 2.85. The van der Waals surface area contributed by atoms with Gasteiger partial charge in [-0.05, 0) is 37.6 Å². The minimum Gasteiger partial charge on any atom is -0.494 e. The number of para-hydroxylation sites is 1. The van der Waals surface area contributed by atoms with Gasteiger partial charge in [0.15, 0.2) is 5.82 Å². The molecule has 0 bridgehead atoms. The lowest BCUT2D eigenvalue weighted by Gasteiger charge is -2.39. The number of rotatable bonds is 5. The van der Waals surface area contributed by atoms with Crippen LogP contribution in [0.2, 0.25) is 5.02 Å². The Morgan fingerprint density at radius 2 is 2.03 bits per heavy atom. The average Bonchev–Trinajstić information content (AvgIpc) is 3.45. The number of carbonyl (C=O) groups is 1. The molecule has 3 heterocycles. The first-order valence-electron chi connectivity index (χ1n) is 10.1. The van der Waals surface area contributed by atoms with Gasteiger partial charge in [0.1, 0.15) is 11.6 Å². The molecule has 0 aliphatic carbocycles. The van der Waals surface area contributed by atoms with Crippen LogP contribution >= 0.6 is 11.6 Å². The Morgan fingerprint density at radius 1 is 1.22 bits per heavy atom. The largest absolute Gasteiger partial charge is 0.494 e. The molecule has 5 rings (SSSR count). The molecule has 1 atom stereocenters. The summed E-state index contributed by atoms with van der Waals surface area (Å²) < 4.78 is 5.41. The number of carbonyl (C=O) groups excluding carboxylic acids is 1. The highest BCUT2D eigenvalue weighted by molar-refractivity contribution is 6.32. The molecular weight excluding hydrogens is 430 g/mol. The van der Waals surface area contributed by atoms with Crippen LogP contribution in [-0.4, -0.2) is 54.6 Å². The van der Waals surface area contributed by atoms with E-state index in [0.29, 0.717) is 45.8 Å². The fourth-order valence-corrected chi connectivity index (χ4v) is 4.09. The van der Waals surface area contributed by atoms with Gasteiger partial charge in [0, 0.05) is 6.54 Å². The molecule has 9 nitrogen and oxygen atoms in total. The fourth-order valence-electron chi connectivity index (χ4n) is 3.84. The van der Waals surface area contributed by atoms with Crippen LogP contribution in [0, 0.1) is 6.92 Å². The van der Waals surface area contributed by atoms with E-state index in [1.54, 1.807) is 30.5 Å². The predicted octanol–water partition coefficient (Wildman–Crippen LogP) is 3.61. The Bertz CT molecular complexity index is 1290. The summed E-state index contributed by atoms with van der Waals surface area (Å²) in [6.07, 6.45) is 3.95. The number of amides is 1. The number of benzene rings is 2. The summed E-state index contributed by atoms with van der Waals surface area (Å²) in [6.45, 7) is 2.58. The van der Waals surface area contributed by atoms with Crippen molar-refractivity contribution in [3.05, 3.63) is 70.8 Å². The second kappa shape index (κ2) is 8.08. The quantitative estimate of drug-likeness (QED) is 0.499. The van der Waals surface area contributed by atoms with E-state index in [2.05, 4.69) is 25.4 Å². The number of halogens is 1. The van der Waals surface area contributed by atoms with Crippen molar-refractivity contribution < 1.29 is 9.53 Å². The van der Waals surface area contributed by atoms with E-state index in [0.717, 1.165) is 12.0 Å². The van der Waals surface area contributed by atoms with Crippen LogP contribution in [0.3, 0.4) is 0 Å². The summed E-state index contributed by atoms with van der Waals surface area (Å²) in [6, 6.07) is 10.9. The molecule has 1 N–H and O–H groups in total. The van der Waals surface area contributed by atoms with Crippen LogP contribution in [0.5, 0.6) is 5.75 Å².